The number of amides is 2. The van der Waals surface area contributed by atoms with E-state index in [0.717, 1.165) is 0 Å². The van der Waals surface area contributed by atoms with E-state index < -0.39 is 5.91 Å². The summed E-state index contributed by atoms with van der Waals surface area (Å²) in [4.78, 5) is 23.6. The number of primary amides is 1. The molecule has 1 aromatic heterocycles. The van der Waals surface area contributed by atoms with Gasteiger partial charge in [0.1, 0.15) is 0 Å². The lowest BCUT2D eigenvalue weighted by Gasteiger charge is -1.87. The summed E-state index contributed by atoms with van der Waals surface area (Å²) >= 11 is 0. The van der Waals surface area contributed by atoms with Crippen LogP contribution in [-0.4, -0.2) is 28.2 Å². The summed E-state index contributed by atoms with van der Waals surface area (Å²) in [7, 11) is 0. The molecule has 0 fully saturated rings. The summed E-state index contributed by atoms with van der Waals surface area (Å²) in [5, 5.41) is 6.91. The highest BCUT2D eigenvalue weighted by Gasteiger charge is 1.97. The highest BCUT2D eigenvalue weighted by molar-refractivity contribution is 6.03. The number of hydrogen-bond donors (Lipinski definition) is 1. The first-order chi connectivity index (χ1) is 7.20. The first kappa shape index (κ1) is 10.7. The van der Waals surface area contributed by atoms with Crippen molar-refractivity contribution in [2.75, 3.05) is 0 Å². The zero-order valence-electron chi connectivity index (χ0n) is 7.70. The van der Waals surface area contributed by atoms with Crippen LogP contribution < -0.4 is 5.73 Å². The maximum Gasteiger partial charge on any atom is 0.269 e. The molecule has 2 heterocycles. The van der Waals surface area contributed by atoms with Crippen molar-refractivity contribution < 1.29 is 9.59 Å². The molecule has 2 N–H and O–H groups in total. The maximum atomic E-state index is 10.3. The molecule has 76 valence electrons. The normalized spacial score (nSPS) is 12.1. The Morgan fingerprint density at radius 3 is 2.47 bits per heavy atom. The fourth-order valence-corrected chi connectivity index (χ4v) is 0.718. The Labute approximate surface area is 85.5 Å². The van der Waals surface area contributed by atoms with Crippen LogP contribution in [0.4, 0.5) is 0 Å². The van der Waals surface area contributed by atoms with E-state index >= 15 is 0 Å². The van der Waals surface area contributed by atoms with Crippen LogP contribution >= 0.6 is 0 Å². The van der Waals surface area contributed by atoms with Gasteiger partial charge in [0.25, 0.3) is 11.8 Å². The van der Waals surface area contributed by atoms with Gasteiger partial charge in [-0.15, -0.1) is 5.10 Å². The molecule has 0 unspecified atom stereocenters. The number of allylic oxidation sites excluding steroid dienone is 1. The first-order valence-electron chi connectivity index (χ1n) is 4.02. The summed E-state index contributed by atoms with van der Waals surface area (Å²) < 4.78 is 0. The Balaban J connectivity index is 0.000000162. The lowest BCUT2D eigenvalue weighted by molar-refractivity contribution is -0.113. The minimum atomic E-state index is -0.553. The third-order valence-electron chi connectivity index (χ3n) is 1.35. The molecule has 2 rings (SSSR count). The van der Waals surface area contributed by atoms with E-state index in [-0.39, 0.29) is 11.6 Å². The second-order valence-corrected chi connectivity index (χ2v) is 2.45. The van der Waals surface area contributed by atoms with Gasteiger partial charge in [-0.3, -0.25) is 9.59 Å². The van der Waals surface area contributed by atoms with E-state index in [2.05, 4.69) is 15.2 Å². The van der Waals surface area contributed by atoms with Gasteiger partial charge in [0.2, 0.25) is 0 Å². The maximum absolute atomic E-state index is 10.3. The fraction of sp³-hybridized carbons (Fsp3) is 0. The lowest BCUT2D eigenvalue weighted by atomic mass is 10.4. The quantitative estimate of drug-likeness (QED) is 0.680. The van der Waals surface area contributed by atoms with Crippen molar-refractivity contribution in [1.82, 2.24) is 10.2 Å². The number of aliphatic imine (C=N–C) groups is 1. The molecule has 0 spiro atoms. The largest absolute Gasteiger partial charge is 0.364 e. The predicted molar refractivity (Wildman–Crippen MR) is 53.2 cm³/mol. The first-order valence-corrected chi connectivity index (χ1v) is 4.02. The molecule has 6 nitrogen and oxygen atoms in total. The molecule has 2 amide bonds. The second kappa shape index (κ2) is 5.38. The number of rotatable bonds is 1. The van der Waals surface area contributed by atoms with E-state index in [1.165, 1.54) is 24.6 Å². The number of carbonyl (C=O) groups excluding carboxylic acids is 2. The molecule has 0 bridgehead atoms. The summed E-state index contributed by atoms with van der Waals surface area (Å²) in [5.74, 6) is -0.710. The van der Waals surface area contributed by atoms with Crippen LogP contribution in [0.5, 0.6) is 0 Å². The molecular weight excluding hydrogens is 196 g/mol. The number of nitrogens with zero attached hydrogens (tertiary/aromatic N) is 3. The minimum Gasteiger partial charge on any atom is -0.364 e. The Hall–Kier alpha value is -2.37. The highest BCUT2D eigenvalue weighted by atomic mass is 16.1. The molecule has 1 aliphatic rings. The molecule has 0 atom stereocenters. The van der Waals surface area contributed by atoms with Gasteiger partial charge in [0.05, 0.1) is 0 Å². The van der Waals surface area contributed by atoms with Crippen molar-refractivity contribution >= 4 is 18.0 Å². The van der Waals surface area contributed by atoms with Crippen molar-refractivity contribution in [3.05, 3.63) is 36.2 Å². The molecular formula is C9H8N4O2. The number of hydrogen-bond acceptors (Lipinski definition) is 4. The third kappa shape index (κ3) is 3.90. The highest BCUT2D eigenvalue weighted by Crippen LogP contribution is 1.86. The summed E-state index contributed by atoms with van der Waals surface area (Å²) in [6, 6.07) is 3.11. The molecule has 0 saturated heterocycles. The van der Waals surface area contributed by atoms with Crippen molar-refractivity contribution in [3.63, 3.8) is 0 Å². The van der Waals surface area contributed by atoms with Gasteiger partial charge in [0.15, 0.2) is 5.69 Å². The predicted octanol–water partition coefficient (Wildman–Crippen LogP) is -0.271. The topological polar surface area (TPSA) is 98.3 Å². The van der Waals surface area contributed by atoms with Crippen LogP contribution in [0.15, 0.2) is 35.5 Å². The van der Waals surface area contributed by atoms with Gasteiger partial charge in [0, 0.05) is 18.5 Å². The Kier molecular flexibility index (Phi) is 3.84. The summed E-state index contributed by atoms with van der Waals surface area (Å²) in [6.07, 6.45) is 5.98. The smallest absolute Gasteiger partial charge is 0.269 e. The van der Waals surface area contributed by atoms with Crippen LogP contribution in [-0.2, 0) is 4.79 Å². The van der Waals surface area contributed by atoms with E-state index in [1.807, 2.05) is 0 Å². The summed E-state index contributed by atoms with van der Waals surface area (Å²) in [5.41, 5.74) is 5.06. The van der Waals surface area contributed by atoms with Crippen molar-refractivity contribution in [3.8, 4) is 0 Å². The standard InChI is InChI=1S/C5H5N3O.C4H3NO/c6-5(9)4-2-1-3-7-8-4;6-4-2-1-3-5-4/h1-3H,(H2,6,9);1-3H. The molecule has 6 heteroatoms. The van der Waals surface area contributed by atoms with Gasteiger partial charge >= 0.3 is 0 Å². The van der Waals surface area contributed by atoms with Crippen molar-refractivity contribution in [2.45, 2.75) is 0 Å². The molecule has 0 radical (unpaired) electrons. The van der Waals surface area contributed by atoms with Gasteiger partial charge in [-0.2, -0.15) is 5.10 Å². The molecule has 1 aromatic rings. The van der Waals surface area contributed by atoms with Gasteiger partial charge in [-0.25, -0.2) is 4.99 Å². The van der Waals surface area contributed by atoms with Crippen LogP contribution in [0, 0.1) is 0 Å². The van der Waals surface area contributed by atoms with Gasteiger partial charge < -0.3 is 5.73 Å². The molecule has 1 aliphatic heterocycles. The van der Waals surface area contributed by atoms with E-state index in [1.54, 1.807) is 12.1 Å². The number of nitrogens with two attached hydrogens (primary N) is 1. The SMILES string of the molecule is NC(=O)c1cccnn1.O=C1C=CC=N1. The summed E-state index contributed by atoms with van der Waals surface area (Å²) in [6.45, 7) is 0. The van der Waals surface area contributed by atoms with Crippen molar-refractivity contribution in [2.24, 2.45) is 10.7 Å². The van der Waals surface area contributed by atoms with E-state index in [4.69, 9.17) is 5.73 Å². The molecule has 0 aromatic carbocycles. The average molecular weight is 204 g/mol. The van der Waals surface area contributed by atoms with E-state index in [9.17, 15) is 9.59 Å². The Morgan fingerprint density at radius 2 is 2.20 bits per heavy atom. The van der Waals surface area contributed by atoms with Crippen molar-refractivity contribution in [1.29, 1.82) is 0 Å². The van der Waals surface area contributed by atoms with Crippen LogP contribution in [0.1, 0.15) is 10.5 Å². The van der Waals surface area contributed by atoms with E-state index in [0.29, 0.717) is 0 Å². The third-order valence-corrected chi connectivity index (χ3v) is 1.35. The Bertz CT molecular complexity index is 397. The molecule has 15 heavy (non-hydrogen) atoms. The van der Waals surface area contributed by atoms with Crippen LogP contribution in [0.3, 0.4) is 0 Å². The minimum absolute atomic E-state index is 0.157. The average Bonchev–Trinajstić information content (AvgIpc) is 2.71. The fourth-order valence-electron chi connectivity index (χ4n) is 0.718. The van der Waals surface area contributed by atoms with Gasteiger partial charge in [-0.1, -0.05) is 0 Å². The zero-order valence-corrected chi connectivity index (χ0v) is 7.70. The number of aromatic nitrogens is 2. The second-order valence-electron chi connectivity index (χ2n) is 2.45. The Morgan fingerprint density at radius 1 is 1.40 bits per heavy atom. The number of carbonyl (C=O) groups is 2. The molecule has 0 saturated carbocycles. The molecule has 0 aliphatic carbocycles. The van der Waals surface area contributed by atoms with Crippen LogP contribution in [0.25, 0.3) is 0 Å². The monoisotopic (exact) mass is 204 g/mol. The van der Waals surface area contributed by atoms with Gasteiger partial charge in [-0.05, 0) is 18.2 Å². The zero-order chi connectivity index (χ0) is 11.1. The van der Waals surface area contributed by atoms with Crippen LogP contribution in [0.2, 0.25) is 0 Å². The lowest BCUT2D eigenvalue weighted by Crippen LogP contribution is -2.12.